The van der Waals surface area contributed by atoms with Crippen molar-refractivity contribution in [1.82, 2.24) is 9.88 Å². The van der Waals surface area contributed by atoms with Crippen LogP contribution >= 0.6 is 0 Å². The Hall–Kier alpha value is -3.03. The lowest BCUT2D eigenvalue weighted by atomic mass is 9.73. The van der Waals surface area contributed by atoms with Crippen molar-refractivity contribution in [3.05, 3.63) is 71.7 Å². The molecule has 5 rings (SSSR count). The van der Waals surface area contributed by atoms with E-state index in [0.717, 1.165) is 47.8 Å². The highest BCUT2D eigenvalue weighted by Gasteiger charge is 2.41. The van der Waals surface area contributed by atoms with E-state index in [9.17, 15) is 19.4 Å². The number of aliphatic hydroxyl groups is 1. The van der Waals surface area contributed by atoms with Gasteiger partial charge >= 0.3 is 5.97 Å². The zero-order chi connectivity index (χ0) is 25.2. The number of carboxylic acid groups (broad SMARTS) is 1. The smallest absolute Gasteiger partial charge is 0.308 e. The Kier molecular flexibility index (Phi) is 7.21. The summed E-state index contributed by atoms with van der Waals surface area (Å²) in [6.45, 7) is 1.36. The van der Waals surface area contributed by atoms with Crippen LogP contribution in [0.5, 0.6) is 5.75 Å². The van der Waals surface area contributed by atoms with Crippen LogP contribution < -0.4 is 4.74 Å². The first-order chi connectivity index (χ1) is 17.4. The minimum atomic E-state index is -0.775. The lowest BCUT2D eigenvalue weighted by molar-refractivity contribution is -0.147. The van der Waals surface area contributed by atoms with Gasteiger partial charge in [-0.3, -0.25) is 14.7 Å². The summed E-state index contributed by atoms with van der Waals surface area (Å²) in [5.74, 6) is -0.465. The third-order valence-electron chi connectivity index (χ3n) is 8.23. The number of ether oxygens (including phenoxy) is 1. The second kappa shape index (κ2) is 10.5. The highest BCUT2D eigenvalue weighted by atomic mass is 19.1. The molecule has 6 nitrogen and oxygen atoms in total. The molecule has 0 radical (unpaired) electrons. The van der Waals surface area contributed by atoms with Crippen LogP contribution in [0.4, 0.5) is 4.39 Å². The molecule has 3 aromatic rings. The first-order valence-electron chi connectivity index (χ1n) is 12.8. The quantitative estimate of drug-likeness (QED) is 0.452. The van der Waals surface area contributed by atoms with Crippen LogP contribution in [0.1, 0.15) is 55.3 Å². The number of piperidine rings is 1. The number of carbonyl (C=O) groups is 1. The van der Waals surface area contributed by atoms with Crippen molar-refractivity contribution in [1.29, 1.82) is 0 Å². The zero-order valence-electron chi connectivity index (χ0n) is 20.5. The van der Waals surface area contributed by atoms with Crippen LogP contribution in [-0.2, 0) is 4.79 Å². The second-order valence-electron chi connectivity index (χ2n) is 10.2. The Bertz CT molecular complexity index is 1230. The van der Waals surface area contributed by atoms with E-state index >= 15 is 0 Å². The number of hydrogen-bond donors (Lipinski definition) is 2. The maximum atomic E-state index is 14.1. The monoisotopic (exact) mass is 492 g/mol. The SMILES string of the molecule is COc1ccc2nccc([C@@H](O)CC[C@@H]3CCN(C4CC(c5ccccc5F)C4)C[C@@H]3C(=O)O)c2c1. The van der Waals surface area contributed by atoms with E-state index in [4.69, 9.17) is 4.74 Å². The first kappa shape index (κ1) is 24.7. The number of aliphatic hydroxyl groups excluding tert-OH is 1. The molecule has 1 saturated carbocycles. The van der Waals surface area contributed by atoms with Crippen molar-refractivity contribution >= 4 is 16.9 Å². The van der Waals surface area contributed by atoms with Crippen molar-refractivity contribution in [3.63, 3.8) is 0 Å². The van der Waals surface area contributed by atoms with Crippen LogP contribution in [0.3, 0.4) is 0 Å². The van der Waals surface area contributed by atoms with Crippen LogP contribution in [-0.4, -0.2) is 52.3 Å². The molecule has 2 fully saturated rings. The maximum Gasteiger partial charge on any atom is 0.308 e. The molecule has 0 bridgehead atoms. The van der Waals surface area contributed by atoms with Crippen LogP contribution in [0.15, 0.2) is 54.7 Å². The molecule has 2 aliphatic rings. The van der Waals surface area contributed by atoms with Gasteiger partial charge in [-0.15, -0.1) is 0 Å². The van der Waals surface area contributed by atoms with Gasteiger partial charge in [0.2, 0.25) is 0 Å². The summed E-state index contributed by atoms with van der Waals surface area (Å²) in [6, 6.07) is 14.7. The predicted molar refractivity (Wildman–Crippen MR) is 135 cm³/mol. The number of pyridine rings is 1. The summed E-state index contributed by atoms with van der Waals surface area (Å²) in [4.78, 5) is 18.8. The third kappa shape index (κ3) is 4.95. The Labute approximate surface area is 210 Å². The van der Waals surface area contributed by atoms with Gasteiger partial charge in [-0.2, -0.15) is 0 Å². The van der Waals surface area contributed by atoms with Crippen molar-refractivity contribution in [2.45, 2.75) is 50.2 Å². The van der Waals surface area contributed by atoms with Crippen LogP contribution in [0.25, 0.3) is 10.9 Å². The number of hydrogen-bond acceptors (Lipinski definition) is 5. The normalized spacial score (nSPS) is 25.3. The fourth-order valence-corrected chi connectivity index (χ4v) is 6.02. The van der Waals surface area contributed by atoms with Crippen molar-refractivity contribution in [3.8, 4) is 5.75 Å². The Balaban J connectivity index is 1.20. The molecule has 1 aromatic heterocycles. The number of methoxy groups -OCH3 is 1. The molecular formula is C29H33FN2O4. The van der Waals surface area contributed by atoms with Gasteiger partial charge < -0.3 is 14.9 Å². The van der Waals surface area contributed by atoms with E-state index in [0.29, 0.717) is 31.2 Å². The molecule has 1 aliphatic heterocycles. The zero-order valence-corrected chi connectivity index (χ0v) is 20.5. The van der Waals surface area contributed by atoms with Gasteiger partial charge in [-0.05, 0) is 91.9 Å². The fourth-order valence-electron chi connectivity index (χ4n) is 6.02. The van der Waals surface area contributed by atoms with Gasteiger partial charge in [0, 0.05) is 24.2 Å². The lowest BCUT2D eigenvalue weighted by Gasteiger charge is -2.47. The van der Waals surface area contributed by atoms with Crippen LogP contribution in [0, 0.1) is 17.7 Å². The summed E-state index contributed by atoms with van der Waals surface area (Å²) >= 11 is 0. The molecule has 1 saturated heterocycles. The number of halogens is 1. The second-order valence-corrected chi connectivity index (χ2v) is 10.2. The molecular weight excluding hydrogens is 459 g/mol. The van der Waals surface area contributed by atoms with E-state index in [1.54, 1.807) is 19.4 Å². The van der Waals surface area contributed by atoms with Gasteiger partial charge in [-0.25, -0.2) is 4.39 Å². The molecule has 2 heterocycles. The number of likely N-dealkylation sites (tertiary alicyclic amines) is 1. The number of benzene rings is 2. The summed E-state index contributed by atoms with van der Waals surface area (Å²) in [5, 5.41) is 21.9. The predicted octanol–water partition coefficient (Wildman–Crippen LogP) is 5.17. The molecule has 3 atom stereocenters. The third-order valence-corrected chi connectivity index (χ3v) is 8.23. The van der Waals surface area contributed by atoms with Gasteiger partial charge in [0.1, 0.15) is 11.6 Å². The first-order valence-corrected chi connectivity index (χ1v) is 12.8. The van der Waals surface area contributed by atoms with Crippen molar-refractivity contribution in [2.24, 2.45) is 11.8 Å². The molecule has 0 amide bonds. The molecule has 7 heteroatoms. The summed E-state index contributed by atoms with van der Waals surface area (Å²) in [6.07, 6.45) is 4.65. The van der Waals surface area contributed by atoms with Gasteiger partial charge in [-0.1, -0.05) is 18.2 Å². The Morgan fingerprint density at radius 3 is 2.78 bits per heavy atom. The minimum absolute atomic E-state index is 0.0125. The number of aliphatic carboxylic acids is 1. The molecule has 0 spiro atoms. The molecule has 0 unspecified atom stereocenters. The number of rotatable bonds is 8. The van der Waals surface area contributed by atoms with Crippen molar-refractivity contribution < 1.29 is 24.1 Å². The average Bonchev–Trinajstić information content (AvgIpc) is 2.87. The topological polar surface area (TPSA) is 82.9 Å². The Morgan fingerprint density at radius 1 is 1.22 bits per heavy atom. The lowest BCUT2D eigenvalue weighted by Crippen LogP contribution is -2.52. The van der Waals surface area contributed by atoms with E-state index in [-0.39, 0.29) is 17.7 Å². The molecule has 1 aliphatic carbocycles. The standard InChI is InChI=1S/C29H33FN2O4/c1-36-21-7-8-27-24(16-21)23(10-12-31-27)28(33)9-6-18-11-13-32(17-25(18)29(34)35)20-14-19(15-20)22-4-2-3-5-26(22)30/h2-5,7-8,10,12,16,18-20,25,28,33H,6,9,11,13-15,17H2,1H3,(H,34,35)/t18-,19?,20?,25+,28+/m1/s1. The minimum Gasteiger partial charge on any atom is -0.497 e. The number of nitrogens with zero attached hydrogens (tertiary/aromatic N) is 2. The highest BCUT2D eigenvalue weighted by Crippen LogP contribution is 2.43. The molecule has 190 valence electrons. The molecule has 2 N–H and O–H groups in total. The summed E-state index contributed by atoms with van der Waals surface area (Å²) in [7, 11) is 1.61. The highest BCUT2D eigenvalue weighted by molar-refractivity contribution is 5.83. The Morgan fingerprint density at radius 2 is 2.03 bits per heavy atom. The van der Waals surface area contributed by atoms with Gasteiger partial charge in [0.25, 0.3) is 0 Å². The summed E-state index contributed by atoms with van der Waals surface area (Å²) in [5.41, 5.74) is 2.35. The summed E-state index contributed by atoms with van der Waals surface area (Å²) < 4.78 is 19.5. The largest absolute Gasteiger partial charge is 0.497 e. The fraction of sp³-hybridized carbons (Fsp3) is 0.448. The number of aromatic nitrogens is 1. The van der Waals surface area contributed by atoms with E-state index < -0.39 is 18.0 Å². The van der Waals surface area contributed by atoms with E-state index in [2.05, 4.69) is 9.88 Å². The van der Waals surface area contributed by atoms with Crippen LogP contribution in [0.2, 0.25) is 0 Å². The van der Waals surface area contributed by atoms with Gasteiger partial charge in [0.15, 0.2) is 0 Å². The van der Waals surface area contributed by atoms with Gasteiger partial charge in [0.05, 0.1) is 24.6 Å². The van der Waals surface area contributed by atoms with E-state index in [1.807, 2.05) is 36.4 Å². The average molecular weight is 493 g/mol. The molecule has 2 aromatic carbocycles. The number of carboxylic acids is 1. The maximum absolute atomic E-state index is 14.1. The number of fused-ring (bicyclic) bond motifs is 1. The van der Waals surface area contributed by atoms with Crippen molar-refractivity contribution in [2.75, 3.05) is 20.2 Å². The molecule has 36 heavy (non-hydrogen) atoms. The van der Waals surface area contributed by atoms with E-state index in [1.165, 1.54) is 6.07 Å².